The van der Waals surface area contributed by atoms with Crippen LogP contribution in [0.4, 0.5) is 0 Å². The first-order valence-corrected chi connectivity index (χ1v) is 7.80. The highest BCUT2D eigenvalue weighted by Crippen LogP contribution is 2.36. The Bertz CT molecular complexity index is 316. The molecule has 1 rings (SSSR count). The molecule has 0 fully saturated rings. The Morgan fingerprint density at radius 1 is 1.00 bits per heavy atom. The van der Waals surface area contributed by atoms with Gasteiger partial charge in [-0.2, -0.15) is 0 Å². The highest BCUT2D eigenvalue weighted by Gasteiger charge is 2.07. The summed E-state index contributed by atoms with van der Waals surface area (Å²) in [6.45, 7) is 2.99. The Hall–Kier alpha value is 0.460. The van der Waals surface area contributed by atoms with Gasteiger partial charge in [-0.3, -0.25) is 0 Å². The lowest BCUT2D eigenvalue weighted by Gasteiger charge is -2.10. The van der Waals surface area contributed by atoms with Crippen molar-refractivity contribution in [2.24, 2.45) is 0 Å². The van der Waals surface area contributed by atoms with Crippen molar-refractivity contribution in [3.05, 3.63) is 25.6 Å². The number of ether oxygens (including phenoxy) is 1. The van der Waals surface area contributed by atoms with Crippen LogP contribution in [0.3, 0.4) is 0 Å². The Morgan fingerprint density at radius 3 is 2.19 bits per heavy atom. The third kappa shape index (κ3) is 4.76. The summed E-state index contributed by atoms with van der Waals surface area (Å²) in [5.41, 5.74) is 0. The van der Waals surface area contributed by atoms with E-state index in [2.05, 4.69) is 54.7 Å². The van der Waals surface area contributed by atoms with Gasteiger partial charge in [0.15, 0.2) is 0 Å². The van der Waals surface area contributed by atoms with Crippen molar-refractivity contribution in [3.8, 4) is 5.75 Å². The summed E-state index contributed by atoms with van der Waals surface area (Å²) in [6, 6.07) is 3.98. The largest absolute Gasteiger partial charge is 0.491 e. The molecule has 0 aliphatic heterocycles. The van der Waals surface area contributed by atoms with Crippen molar-refractivity contribution in [1.29, 1.82) is 0 Å². The number of unbranched alkanes of at least 4 members (excludes halogenated alkanes) is 3. The zero-order valence-electron chi connectivity index (χ0n) is 9.23. The van der Waals surface area contributed by atoms with E-state index in [-0.39, 0.29) is 0 Å². The summed E-state index contributed by atoms with van der Waals surface area (Å²) in [7, 11) is 0. The van der Waals surface area contributed by atoms with Crippen LogP contribution in [0.1, 0.15) is 32.6 Å². The number of hydrogen-bond donors (Lipinski definition) is 0. The number of hydrogen-bond acceptors (Lipinski definition) is 1. The molecule has 0 spiro atoms. The summed E-state index contributed by atoms with van der Waals surface area (Å²) >= 11 is 10.4. The predicted octanol–water partition coefficient (Wildman–Crippen LogP) is 5.93. The van der Waals surface area contributed by atoms with Crippen molar-refractivity contribution in [2.75, 3.05) is 6.61 Å². The second-order valence-electron chi connectivity index (χ2n) is 3.61. The van der Waals surface area contributed by atoms with E-state index < -0.39 is 0 Å². The topological polar surface area (TPSA) is 9.23 Å². The summed E-state index contributed by atoms with van der Waals surface area (Å²) in [4.78, 5) is 0. The lowest BCUT2D eigenvalue weighted by molar-refractivity contribution is 0.301. The van der Waals surface area contributed by atoms with E-state index in [1.165, 1.54) is 19.3 Å². The van der Waals surface area contributed by atoms with E-state index in [1.807, 2.05) is 12.1 Å². The van der Waals surface area contributed by atoms with Crippen molar-refractivity contribution < 1.29 is 4.74 Å². The SMILES string of the molecule is CCCCCCOc1c(Br)cc(Br)cc1Br. The minimum atomic E-state index is 0.777. The van der Waals surface area contributed by atoms with Gasteiger partial charge in [0.1, 0.15) is 5.75 Å². The second kappa shape index (κ2) is 7.72. The number of benzene rings is 1. The van der Waals surface area contributed by atoms with E-state index >= 15 is 0 Å². The Morgan fingerprint density at radius 2 is 1.62 bits per heavy atom. The van der Waals surface area contributed by atoms with Crippen LogP contribution in [0, 0.1) is 0 Å². The van der Waals surface area contributed by atoms with E-state index in [4.69, 9.17) is 4.74 Å². The molecule has 0 aliphatic carbocycles. The highest BCUT2D eigenvalue weighted by molar-refractivity contribution is 9.11. The van der Waals surface area contributed by atoms with Gasteiger partial charge in [0.2, 0.25) is 0 Å². The molecule has 0 unspecified atom stereocenters. The fourth-order valence-corrected chi connectivity index (χ4v) is 3.86. The zero-order valence-corrected chi connectivity index (χ0v) is 14.0. The summed E-state index contributed by atoms with van der Waals surface area (Å²) in [6.07, 6.45) is 4.89. The van der Waals surface area contributed by atoms with Crippen LogP contribution in [0.2, 0.25) is 0 Å². The second-order valence-corrected chi connectivity index (χ2v) is 6.23. The van der Waals surface area contributed by atoms with Crippen LogP contribution in [-0.2, 0) is 0 Å². The number of halogens is 3. The first kappa shape index (κ1) is 14.5. The molecule has 0 radical (unpaired) electrons. The molecule has 0 bridgehead atoms. The molecule has 1 nitrogen and oxygen atoms in total. The lowest BCUT2D eigenvalue weighted by atomic mass is 10.2. The van der Waals surface area contributed by atoms with E-state index in [1.54, 1.807) is 0 Å². The predicted molar refractivity (Wildman–Crippen MR) is 79.2 cm³/mol. The van der Waals surface area contributed by atoms with Gasteiger partial charge in [-0.1, -0.05) is 42.1 Å². The molecule has 16 heavy (non-hydrogen) atoms. The Labute approximate surface area is 122 Å². The van der Waals surface area contributed by atoms with Gasteiger partial charge in [0, 0.05) is 4.47 Å². The molecule has 0 saturated heterocycles. The summed E-state index contributed by atoms with van der Waals surface area (Å²) in [5, 5.41) is 0. The standard InChI is InChI=1S/C12H15Br3O/c1-2-3-4-5-6-16-12-10(14)7-9(13)8-11(12)15/h7-8H,2-6H2,1H3. The Kier molecular flexibility index (Phi) is 7.01. The third-order valence-electron chi connectivity index (χ3n) is 2.21. The van der Waals surface area contributed by atoms with Crippen molar-refractivity contribution in [2.45, 2.75) is 32.6 Å². The smallest absolute Gasteiger partial charge is 0.147 e. The molecule has 0 aromatic heterocycles. The van der Waals surface area contributed by atoms with Crippen molar-refractivity contribution in [3.63, 3.8) is 0 Å². The van der Waals surface area contributed by atoms with E-state index in [9.17, 15) is 0 Å². The first-order chi connectivity index (χ1) is 7.65. The fraction of sp³-hybridized carbons (Fsp3) is 0.500. The molecule has 0 N–H and O–H groups in total. The van der Waals surface area contributed by atoms with Crippen LogP contribution in [0.15, 0.2) is 25.6 Å². The van der Waals surface area contributed by atoms with Crippen LogP contribution in [-0.4, -0.2) is 6.61 Å². The van der Waals surface area contributed by atoms with Crippen LogP contribution in [0.5, 0.6) is 5.75 Å². The molecule has 90 valence electrons. The van der Waals surface area contributed by atoms with Gasteiger partial charge in [-0.15, -0.1) is 0 Å². The maximum atomic E-state index is 5.75. The molecule has 0 saturated carbocycles. The highest BCUT2D eigenvalue weighted by atomic mass is 79.9. The molecule has 4 heteroatoms. The minimum absolute atomic E-state index is 0.777. The van der Waals surface area contributed by atoms with Gasteiger partial charge >= 0.3 is 0 Å². The van der Waals surface area contributed by atoms with Gasteiger partial charge in [0.25, 0.3) is 0 Å². The van der Waals surface area contributed by atoms with Gasteiger partial charge in [0.05, 0.1) is 15.6 Å². The van der Waals surface area contributed by atoms with Crippen LogP contribution in [0.25, 0.3) is 0 Å². The fourth-order valence-electron chi connectivity index (χ4n) is 1.37. The third-order valence-corrected chi connectivity index (χ3v) is 3.84. The maximum absolute atomic E-state index is 5.75. The first-order valence-electron chi connectivity index (χ1n) is 5.42. The molecular weight excluding hydrogens is 400 g/mol. The van der Waals surface area contributed by atoms with E-state index in [0.717, 1.165) is 32.2 Å². The molecule has 1 aromatic rings. The van der Waals surface area contributed by atoms with Crippen LogP contribution >= 0.6 is 47.8 Å². The van der Waals surface area contributed by atoms with Gasteiger partial charge in [-0.25, -0.2) is 0 Å². The van der Waals surface area contributed by atoms with E-state index in [0.29, 0.717) is 0 Å². The lowest BCUT2D eigenvalue weighted by Crippen LogP contribution is -1.98. The number of rotatable bonds is 6. The maximum Gasteiger partial charge on any atom is 0.147 e. The van der Waals surface area contributed by atoms with Crippen molar-refractivity contribution >= 4 is 47.8 Å². The quantitative estimate of drug-likeness (QED) is 0.524. The van der Waals surface area contributed by atoms with Gasteiger partial charge in [-0.05, 0) is 50.4 Å². The normalized spacial score (nSPS) is 10.5. The monoisotopic (exact) mass is 412 g/mol. The zero-order chi connectivity index (χ0) is 12.0. The average Bonchev–Trinajstić information content (AvgIpc) is 2.20. The molecule has 0 aliphatic rings. The van der Waals surface area contributed by atoms with Crippen molar-refractivity contribution in [1.82, 2.24) is 0 Å². The Balaban J connectivity index is 2.47. The minimum Gasteiger partial charge on any atom is -0.491 e. The molecule has 1 aromatic carbocycles. The average molecular weight is 415 g/mol. The molecule has 0 atom stereocenters. The molecule has 0 amide bonds. The molecular formula is C12H15Br3O. The van der Waals surface area contributed by atoms with Gasteiger partial charge < -0.3 is 4.74 Å². The summed E-state index contributed by atoms with van der Waals surface area (Å²) in [5.74, 6) is 0.889. The van der Waals surface area contributed by atoms with Crippen LogP contribution < -0.4 is 4.74 Å². The molecule has 0 heterocycles. The summed E-state index contributed by atoms with van der Waals surface area (Å²) < 4.78 is 8.74.